The molecule has 2 unspecified atom stereocenters. The molecule has 0 radical (unpaired) electrons. The SMILES string of the molecule is Cc1nn(-c2ccc(F)cc2)c2sc(C(=O)NC3CC4CCC(C3)N4)cc12.Cl. The largest absolute Gasteiger partial charge is 0.348 e. The summed E-state index contributed by atoms with van der Waals surface area (Å²) in [6, 6.07) is 9.51. The van der Waals surface area contributed by atoms with E-state index in [1.165, 1.54) is 36.3 Å². The molecule has 4 heterocycles. The molecule has 0 saturated carbocycles. The van der Waals surface area contributed by atoms with Crippen LogP contribution in [0.2, 0.25) is 0 Å². The molecule has 2 fully saturated rings. The van der Waals surface area contributed by atoms with Gasteiger partial charge in [-0.05, 0) is 62.9 Å². The number of rotatable bonds is 3. The maximum absolute atomic E-state index is 13.2. The number of nitrogens with one attached hydrogen (secondary N) is 2. The molecule has 3 aromatic rings. The molecule has 5 nitrogen and oxygen atoms in total. The molecule has 2 aromatic heterocycles. The third-order valence-corrected chi connectivity index (χ3v) is 6.76. The molecule has 0 aliphatic carbocycles. The average molecular weight is 421 g/mol. The van der Waals surface area contributed by atoms with E-state index in [0.29, 0.717) is 17.0 Å². The Kier molecular flexibility index (Phi) is 5.16. The van der Waals surface area contributed by atoms with Crippen LogP contribution in [0.25, 0.3) is 15.9 Å². The summed E-state index contributed by atoms with van der Waals surface area (Å²) in [6.45, 7) is 1.93. The molecule has 148 valence electrons. The summed E-state index contributed by atoms with van der Waals surface area (Å²) in [6.07, 6.45) is 4.45. The number of amides is 1. The summed E-state index contributed by atoms with van der Waals surface area (Å²) in [5, 5.41) is 12.4. The van der Waals surface area contributed by atoms with E-state index in [1.54, 1.807) is 16.8 Å². The number of carbonyl (C=O) groups is 1. The van der Waals surface area contributed by atoms with Crippen LogP contribution >= 0.6 is 23.7 Å². The van der Waals surface area contributed by atoms with Crippen molar-refractivity contribution in [1.82, 2.24) is 20.4 Å². The van der Waals surface area contributed by atoms with Gasteiger partial charge in [0.25, 0.3) is 5.91 Å². The molecule has 2 aliphatic rings. The Morgan fingerprint density at radius 1 is 1.25 bits per heavy atom. The minimum Gasteiger partial charge on any atom is -0.348 e. The quantitative estimate of drug-likeness (QED) is 0.674. The van der Waals surface area contributed by atoms with Crippen LogP contribution in [0.1, 0.15) is 41.0 Å². The minimum atomic E-state index is -0.277. The number of piperidine rings is 1. The first kappa shape index (κ1) is 19.4. The van der Waals surface area contributed by atoms with Gasteiger partial charge in [0.1, 0.15) is 10.6 Å². The van der Waals surface area contributed by atoms with Crippen molar-refractivity contribution in [1.29, 1.82) is 0 Å². The van der Waals surface area contributed by atoms with Gasteiger partial charge in [-0.1, -0.05) is 0 Å². The van der Waals surface area contributed by atoms with Gasteiger partial charge in [0, 0.05) is 23.5 Å². The second-order valence-electron chi connectivity index (χ2n) is 7.58. The van der Waals surface area contributed by atoms with Crippen LogP contribution in [-0.4, -0.2) is 33.8 Å². The first-order valence-electron chi connectivity index (χ1n) is 9.39. The second-order valence-corrected chi connectivity index (χ2v) is 8.61. The predicted molar refractivity (Wildman–Crippen MR) is 111 cm³/mol. The van der Waals surface area contributed by atoms with Crippen LogP contribution in [0.15, 0.2) is 30.3 Å². The van der Waals surface area contributed by atoms with Gasteiger partial charge in [-0.25, -0.2) is 9.07 Å². The second kappa shape index (κ2) is 7.46. The molecule has 0 spiro atoms. The van der Waals surface area contributed by atoms with Crippen molar-refractivity contribution < 1.29 is 9.18 Å². The van der Waals surface area contributed by atoms with Gasteiger partial charge < -0.3 is 10.6 Å². The van der Waals surface area contributed by atoms with Crippen molar-refractivity contribution in [3.63, 3.8) is 0 Å². The topological polar surface area (TPSA) is 59.0 Å². The number of halogens is 2. The number of carbonyl (C=O) groups excluding carboxylic acids is 1. The Bertz CT molecular complexity index is 1000. The van der Waals surface area contributed by atoms with Crippen molar-refractivity contribution in [2.45, 2.75) is 50.7 Å². The molecule has 5 rings (SSSR count). The van der Waals surface area contributed by atoms with Crippen LogP contribution in [0.3, 0.4) is 0 Å². The van der Waals surface area contributed by atoms with Crippen LogP contribution in [0, 0.1) is 12.7 Å². The molecule has 8 heteroatoms. The Morgan fingerprint density at radius 2 is 1.93 bits per heavy atom. The summed E-state index contributed by atoms with van der Waals surface area (Å²) < 4.78 is 15.0. The van der Waals surface area contributed by atoms with Crippen LogP contribution < -0.4 is 10.6 Å². The van der Waals surface area contributed by atoms with Crippen LogP contribution in [0.4, 0.5) is 4.39 Å². The molecule has 2 atom stereocenters. The Morgan fingerprint density at radius 3 is 2.61 bits per heavy atom. The van der Waals surface area contributed by atoms with Crippen LogP contribution in [0.5, 0.6) is 0 Å². The van der Waals surface area contributed by atoms with Crippen molar-refractivity contribution in [3.8, 4) is 5.69 Å². The van der Waals surface area contributed by atoms with Gasteiger partial charge in [-0.3, -0.25) is 4.79 Å². The highest BCUT2D eigenvalue weighted by molar-refractivity contribution is 7.20. The van der Waals surface area contributed by atoms with Crippen molar-refractivity contribution >= 4 is 39.9 Å². The van der Waals surface area contributed by atoms with Gasteiger partial charge in [0.2, 0.25) is 0 Å². The number of nitrogens with zero attached hydrogens (tertiary/aromatic N) is 2. The van der Waals surface area contributed by atoms with Gasteiger partial charge in [0.15, 0.2) is 0 Å². The van der Waals surface area contributed by atoms with E-state index in [2.05, 4.69) is 15.7 Å². The van der Waals surface area contributed by atoms with Gasteiger partial charge >= 0.3 is 0 Å². The number of hydrogen-bond acceptors (Lipinski definition) is 4. The summed E-state index contributed by atoms with van der Waals surface area (Å²) >= 11 is 1.44. The lowest BCUT2D eigenvalue weighted by Crippen LogP contribution is -2.47. The molecule has 2 bridgehead atoms. The zero-order chi connectivity index (χ0) is 18.5. The molecule has 1 aromatic carbocycles. The Hall–Kier alpha value is -1.96. The van der Waals surface area contributed by atoms with Crippen molar-refractivity contribution in [2.24, 2.45) is 0 Å². The monoisotopic (exact) mass is 420 g/mol. The highest BCUT2D eigenvalue weighted by Crippen LogP contribution is 2.31. The Balaban J connectivity index is 0.00000192. The maximum atomic E-state index is 13.2. The molecule has 1 amide bonds. The van der Waals surface area contributed by atoms with Crippen molar-refractivity contribution in [2.75, 3.05) is 0 Å². The normalized spacial score (nSPS) is 23.6. The molecule has 2 N–H and O–H groups in total. The van der Waals surface area contributed by atoms with E-state index in [4.69, 9.17) is 0 Å². The number of aromatic nitrogens is 2. The molecule has 2 aliphatic heterocycles. The molecule has 28 heavy (non-hydrogen) atoms. The van der Waals surface area contributed by atoms with E-state index in [-0.39, 0.29) is 30.2 Å². The standard InChI is InChI=1S/C20H21FN4OS.ClH/c1-11-17-10-18(19(26)23-15-8-13-4-5-14(9-15)22-13)27-20(17)25(24-11)16-6-2-12(21)3-7-16;/h2-3,6-7,10,13-15,22H,4-5,8-9H2,1H3,(H,23,26);1H. The summed E-state index contributed by atoms with van der Waals surface area (Å²) in [5.41, 5.74) is 1.66. The van der Waals surface area contributed by atoms with Gasteiger partial charge in [0.05, 0.1) is 16.3 Å². The van der Waals surface area contributed by atoms with E-state index in [1.807, 2.05) is 13.0 Å². The Labute approximate surface area is 172 Å². The zero-order valence-corrected chi connectivity index (χ0v) is 17.1. The van der Waals surface area contributed by atoms with E-state index in [0.717, 1.165) is 34.4 Å². The molecule has 2 saturated heterocycles. The average Bonchev–Trinajstić information content (AvgIpc) is 3.31. The third-order valence-electron chi connectivity index (χ3n) is 5.65. The lowest BCUT2D eigenvalue weighted by Gasteiger charge is -2.29. The fourth-order valence-corrected chi connectivity index (χ4v) is 5.43. The zero-order valence-electron chi connectivity index (χ0n) is 15.4. The van der Waals surface area contributed by atoms with Crippen LogP contribution in [-0.2, 0) is 0 Å². The number of benzene rings is 1. The third kappa shape index (κ3) is 3.43. The lowest BCUT2D eigenvalue weighted by atomic mass is 10.00. The van der Waals surface area contributed by atoms with Crippen molar-refractivity contribution in [3.05, 3.63) is 46.7 Å². The number of aryl methyl sites for hydroxylation is 1. The maximum Gasteiger partial charge on any atom is 0.261 e. The molecular formula is C20H22ClFN4OS. The summed E-state index contributed by atoms with van der Waals surface area (Å²) in [5.74, 6) is -0.284. The number of thiophene rings is 1. The first-order valence-corrected chi connectivity index (χ1v) is 10.2. The predicted octanol–water partition coefficient (Wildman–Crippen LogP) is 3.97. The fraction of sp³-hybridized carbons (Fsp3) is 0.400. The molecular weight excluding hydrogens is 399 g/mol. The summed E-state index contributed by atoms with van der Waals surface area (Å²) in [4.78, 5) is 14.4. The smallest absolute Gasteiger partial charge is 0.261 e. The number of fused-ring (bicyclic) bond motifs is 3. The first-order chi connectivity index (χ1) is 13.1. The van der Waals surface area contributed by atoms with E-state index >= 15 is 0 Å². The van der Waals surface area contributed by atoms with Gasteiger partial charge in [-0.2, -0.15) is 5.10 Å². The fourth-order valence-electron chi connectivity index (χ4n) is 4.35. The lowest BCUT2D eigenvalue weighted by molar-refractivity contribution is 0.0928. The van der Waals surface area contributed by atoms with Gasteiger partial charge in [-0.15, -0.1) is 23.7 Å². The number of hydrogen-bond donors (Lipinski definition) is 2. The highest BCUT2D eigenvalue weighted by atomic mass is 35.5. The van der Waals surface area contributed by atoms with E-state index < -0.39 is 0 Å². The minimum absolute atomic E-state index is 0. The van der Waals surface area contributed by atoms with E-state index in [9.17, 15) is 9.18 Å². The highest BCUT2D eigenvalue weighted by Gasteiger charge is 2.34. The summed E-state index contributed by atoms with van der Waals surface area (Å²) in [7, 11) is 0.